The van der Waals surface area contributed by atoms with Gasteiger partial charge in [-0.1, -0.05) is 0 Å². The smallest absolute Gasteiger partial charge is 0.186 e. The van der Waals surface area contributed by atoms with Crippen LogP contribution in [0.15, 0.2) is 23.3 Å². The number of phenolic OH excluding ortho intramolecular Hbond substituents is 1. The van der Waals surface area contributed by atoms with Crippen molar-refractivity contribution in [2.24, 2.45) is 5.10 Å². The SMILES string of the molecule is COc1ccc(/C(C)=N/NC(=S)NCCCN2CCOCC2)c(O)c1. The second-order valence-electron chi connectivity index (χ2n) is 5.76. The average Bonchev–Trinajstić information content (AvgIpc) is 2.64. The van der Waals surface area contributed by atoms with Crippen LogP contribution in [-0.2, 0) is 4.74 Å². The van der Waals surface area contributed by atoms with Crippen molar-refractivity contribution in [1.82, 2.24) is 15.6 Å². The van der Waals surface area contributed by atoms with Crippen LogP contribution in [0.2, 0.25) is 0 Å². The molecule has 1 aromatic rings. The van der Waals surface area contributed by atoms with Gasteiger partial charge in [0.15, 0.2) is 5.11 Å². The first-order valence-corrected chi connectivity index (χ1v) is 8.76. The lowest BCUT2D eigenvalue weighted by Gasteiger charge is -2.26. The quantitative estimate of drug-likeness (QED) is 0.291. The summed E-state index contributed by atoms with van der Waals surface area (Å²) in [5, 5.41) is 17.8. The van der Waals surface area contributed by atoms with Crippen LogP contribution in [-0.4, -0.2) is 67.3 Å². The van der Waals surface area contributed by atoms with E-state index in [4.69, 9.17) is 21.7 Å². The molecule has 0 aliphatic carbocycles. The Morgan fingerprint density at radius 1 is 1.40 bits per heavy atom. The van der Waals surface area contributed by atoms with Gasteiger partial charge in [0.05, 0.1) is 26.0 Å². The summed E-state index contributed by atoms with van der Waals surface area (Å²) in [6.07, 6.45) is 1.00. The minimum Gasteiger partial charge on any atom is -0.507 e. The molecule has 3 N–H and O–H groups in total. The van der Waals surface area contributed by atoms with Gasteiger partial charge in [0.1, 0.15) is 11.5 Å². The van der Waals surface area contributed by atoms with Gasteiger partial charge in [-0.25, -0.2) is 0 Å². The second-order valence-corrected chi connectivity index (χ2v) is 6.16. The molecular weight excluding hydrogens is 340 g/mol. The highest BCUT2D eigenvalue weighted by atomic mass is 32.1. The fraction of sp³-hybridized carbons (Fsp3) is 0.529. The van der Waals surface area contributed by atoms with Crippen molar-refractivity contribution in [2.45, 2.75) is 13.3 Å². The standard InChI is InChI=1S/C17H26N4O3S/c1-13(15-5-4-14(23-2)12-16(15)22)19-20-17(25)18-6-3-7-21-8-10-24-11-9-21/h4-5,12,22H,3,6-11H2,1-2H3,(H2,18,20,25)/b19-13+. The van der Waals surface area contributed by atoms with Gasteiger partial charge in [-0.05, 0) is 44.2 Å². The summed E-state index contributed by atoms with van der Waals surface area (Å²) in [5.41, 5.74) is 4.07. The Kier molecular flexibility index (Phi) is 7.90. The number of morpholine rings is 1. The highest BCUT2D eigenvalue weighted by Gasteiger charge is 2.09. The summed E-state index contributed by atoms with van der Waals surface area (Å²) >= 11 is 5.22. The van der Waals surface area contributed by atoms with E-state index in [9.17, 15) is 5.11 Å². The van der Waals surface area contributed by atoms with Crippen LogP contribution in [0.25, 0.3) is 0 Å². The van der Waals surface area contributed by atoms with Crippen LogP contribution in [0, 0.1) is 0 Å². The molecule has 1 aromatic carbocycles. The van der Waals surface area contributed by atoms with E-state index in [2.05, 4.69) is 20.7 Å². The number of phenols is 1. The lowest BCUT2D eigenvalue weighted by Crippen LogP contribution is -2.39. The molecule has 138 valence electrons. The zero-order valence-corrected chi connectivity index (χ0v) is 15.6. The molecule has 0 unspecified atom stereocenters. The Bertz CT molecular complexity index is 604. The summed E-state index contributed by atoms with van der Waals surface area (Å²) in [5.74, 6) is 0.714. The van der Waals surface area contributed by atoms with E-state index in [0.717, 1.165) is 45.8 Å². The maximum absolute atomic E-state index is 10.0. The van der Waals surface area contributed by atoms with E-state index in [-0.39, 0.29) is 5.75 Å². The van der Waals surface area contributed by atoms with Gasteiger partial charge < -0.3 is 19.9 Å². The first-order valence-electron chi connectivity index (χ1n) is 8.35. The number of nitrogens with zero attached hydrogens (tertiary/aromatic N) is 2. The lowest BCUT2D eigenvalue weighted by molar-refractivity contribution is 0.0376. The van der Waals surface area contributed by atoms with Crippen LogP contribution in [0.4, 0.5) is 0 Å². The number of hydrogen-bond acceptors (Lipinski definition) is 6. The van der Waals surface area contributed by atoms with Crippen LogP contribution in [0.3, 0.4) is 0 Å². The van der Waals surface area contributed by atoms with Gasteiger partial charge in [0, 0.05) is 31.3 Å². The maximum atomic E-state index is 10.0. The molecule has 8 heteroatoms. The molecule has 25 heavy (non-hydrogen) atoms. The zero-order chi connectivity index (χ0) is 18.1. The Morgan fingerprint density at radius 3 is 2.84 bits per heavy atom. The number of benzene rings is 1. The highest BCUT2D eigenvalue weighted by Crippen LogP contribution is 2.23. The molecule has 1 aliphatic rings. The van der Waals surface area contributed by atoms with Crippen molar-refractivity contribution < 1.29 is 14.6 Å². The summed E-state index contributed by atoms with van der Waals surface area (Å²) in [7, 11) is 1.56. The molecule has 1 heterocycles. The molecule has 1 fully saturated rings. The van der Waals surface area contributed by atoms with Gasteiger partial charge >= 0.3 is 0 Å². The van der Waals surface area contributed by atoms with Gasteiger partial charge in [-0.3, -0.25) is 10.3 Å². The fourth-order valence-corrected chi connectivity index (χ4v) is 2.66. The van der Waals surface area contributed by atoms with Crippen molar-refractivity contribution in [2.75, 3.05) is 46.5 Å². The molecule has 0 atom stereocenters. The van der Waals surface area contributed by atoms with Crippen molar-refractivity contribution in [3.05, 3.63) is 23.8 Å². The first-order chi connectivity index (χ1) is 12.1. The average molecular weight is 366 g/mol. The van der Waals surface area contributed by atoms with E-state index in [0.29, 0.717) is 22.1 Å². The maximum Gasteiger partial charge on any atom is 0.186 e. The molecule has 1 saturated heterocycles. The number of ether oxygens (including phenoxy) is 2. The van der Waals surface area contributed by atoms with Crippen LogP contribution >= 0.6 is 12.2 Å². The predicted octanol–water partition coefficient (Wildman–Crippen LogP) is 1.31. The minimum absolute atomic E-state index is 0.117. The van der Waals surface area contributed by atoms with Crippen molar-refractivity contribution in [3.8, 4) is 11.5 Å². The molecule has 1 aliphatic heterocycles. The Balaban J connectivity index is 1.71. The normalized spacial score (nSPS) is 15.7. The molecule has 2 rings (SSSR count). The summed E-state index contributed by atoms with van der Waals surface area (Å²) in [6.45, 7) is 7.25. The van der Waals surface area contributed by atoms with Gasteiger partial charge in [0.2, 0.25) is 0 Å². The van der Waals surface area contributed by atoms with Crippen LogP contribution in [0.5, 0.6) is 11.5 Å². The highest BCUT2D eigenvalue weighted by molar-refractivity contribution is 7.80. The molecule has 0 spiro atoms. The third-order valence-electron chi connectivity index (χ3n) is 3.96. The molecule has 0 amide bonds. The van der Waals surface area contributed by atoms with E-state index < -0.39 is 0 Å². The third-order valence-corrected chi connectivity index (χ3v) is 4.20. The van der Waals surface area contributed by atoms with Gasteiger partial charge in [0.25, 0.3) is 0 Å². The molecule has 0 radical (unpaired) electrons. The Hall–Kier alpha value is -1.90. The number of hydrazone groups is 1. The zero-order valence-electron chi connectivity index (χ0n) is 14.7. The third kappa shape index (κ3) is 6.49. The largest absolute Gasteiger partial charge is 0.507 e. The predicted molar refractivity (Wildman–Crippen MR) is 102 cm³/mol. The summed E-state index contributed by atoms with van der Waals surface area (Å²) < 4.78 is 10.4. The van der Waals surface area contributed by atoms with Crippen molar-refractivity contribution in [1.29, 1.82) is 0 Å². The molecular formula is C17H26N4O3S. The molecule has 0 aromatic heterocycles. The fourth-order valence-electron chi connectivity index (χ4n) is 2.51. The molecule has 0 bridgehead atoms. The summed E-state index contributed by atoms with van der Waals surface area (Å²) in [6, 6.07) is 5.08. The monoisotopic (exact) mass is 366 g/mol. The topological polar surface area (TPSA) is 78.4 Å². The molecule has 0 saturated carbocycles. The van der Waals surface area contributed by atoms with Gasteiger partial charge in [-0.15, -0.1) is 0 Å². The number of methoxy groups -OCH3 is 1. The Labute approximate surface area is 154 Å². The van der Waals surface area contributed by atoms with Crippen molar-refractivity contribution >= 4 is 23.0 Å². The second kappa shape index (κ2) is 10.2. The first kappa shape index (κ1) is 19.4. The minimum atomic E-state index is 0.117. The number of hydrogen-bond donors (Lipinski definition) is 3. The lowest BCUT2D eigenvalue weighted by atomic mass is 10.1. The van der Waals surface area contributed by atoms with E-state index in [1.54, 1.807) is 32.2 Å². The van der Waals surface area contributed by atoms with E-state index >= 15 is 0 Å². The van der Waals surface area contributed by atoms with Crippen molar-refractivity contribution in [3.63, 3.8) is 0 Å². The summed E-state index contributed by atoms with van der Waals surface area (Å²) in [4.78, 5) is 2.39. The molecule has 7 nitrogen and oxygen atoms in total. The Morgan fingerprint density at radius 2 is 2.16 bits per heavy atom. The van der Waals surface area contributed by atoms with Gasteiger partial charge in [-0.2, -0.15) is 5.10 Å². The van der Waals surface area contributed by atoms with Crippen LogP contribution in [0.1, 0.15) is 18.9 Å². The number of thiocarbonyl (C=S) groups is 1. The number of rotatable bonds is 7. The van der Waals surface area contributed by atoms with E-state index in [1.807, 2.05) is 0 Å². The number of nitrogens with one attached hydrogen (secondary N) is 2. The van der Waals surface area contributed by atoms with Crippen LogP contribution < -0.4 is 15.5 Å². The number of aromatic hydroxyl groups is 1. The van der Waals surface area contributed by atoms with E-state index in [1.165, 1.54) is 0 Å².